The number of nitrogens with zero attached hydrogens (tertiary/aromatic N) is 3. The summed E-state index contributed by atoms with van der Waals surface area (Å²) in [6.45, 7) is 2.87. The lowest BCUT2D eigenvalue weighted by molar-refractivity contribution is -0.140. The van der Waals surface area contributed by atoms with Gasteiger partial charge in [-0.3, -0.25) is 9.89 Å². The third-order valence-corrected chi connectivity index (χ3v) is 4.40. The van der Waals surface area contributed by atoms with Crippen molar-refractivity contribution in [2.24, 2.45) is 0 Å². The molecule has 1 aromatic heterocycles. The van der Waals surface area contributed by atoms with Crippen LogP contribution in [0.2, 0.25) is 0 Å². The Hall–Kier alpha value is -1.04. The molecule has 14 heavy (non-hydrogen) atoms. The number of amides is 1. The van der Waals surface area contributed by atoms with Crippen LogP contribution in [0.1, 0.15) is 19.0 Å². The molecule has 1 aromatic rings. The number of hydrogen-bond acceptors (Lipinski definition) is 4. The fourth-order valence-corrected chi connectivity index (χ4v) is 3.56. The van der Waals surface area contributed by atoms with Gasteiger partial charge in [0.15, 0.2) is 0 Å². The minimum absolute atomic E-state index is 0.0795. The van der Waals surface area contributed by atoms with E-state index in [4.69, 9.17) is 0 Å². The molecule has 0 spiro atoms. The van der Waals surface area contributed by atoms with E-state index in [1.165, 1.54) is 0 Å². The summed E-state index contributed by atoms with van der Waals surface area (Å²) < 4.78 is -0.0795. The van der Waals surface area contributed by atoms with Crippen molar-refractivity contribution >= 4 is 17.7 Å². The number of aromatic nitrogens is 3. The average molecular weight is 210 g/mol. The van der Waals surface area contributed by atoms with Gasteiger partial charge in [-0.1, -0.05) is 5.21 Å². The highest BCUT2D eigenvalue weighted by atomic mass is 32.2. The Labute approximate surface area is 85.2 Å². The molecule has 2 saturated heterocycles. The third-order valence-electron chi connectivity index (χ3n) is 2.84. The lowest BCUT2D eigenvalue weighted by Crippen LogP contribution is -2.47. The van der Waals surface area contributed by atoms with Crippen LogP contribution in [0.15, 0.2) is 6.20 Å². The fraction of sp³-hybridized carbons (Fsp3) is 0.625. The van der Waals surface area contributed by atoms with Crippen LogP contribution in [0.3, 0.4) is 0 Å². The van der Waals surface area contributed by atoms with Crippen molar-refractivity contribution in [2.45, 2.75) is 23.5 Å². The van der Waals surface area contributed by atoms with Gasteiger partial charge in [-0.25, -0.2) is 0 Å². The van der Waals surface area contributed by atoms with Crippen molar-refractivity contribution in [3.8, 4) is 0 Å². The number of thioether (sulfide) groups is 1. The molecule has 3 rings (SSSR count). The molecule has 0 aromatic carbocycles. The molecule has 0 saturated carbocycles. The molecule has 2 aliphatic rings. The van der Waals surface area contributed by atoms with Gasteiger partial charge in [0.1, 0.15) is 5.69 Å². The third kappa shape index (κ3) is 0.943. The van der Waals surface area contributed by atoms with Crippen molar-refractivity contribution in [1.82, 2.24) is 20.3 Å². The monoisotopic (exact) mass is 210 g/mol. The van der Waals surface area contributed by atoms with Crippen LogP contribution in [0.5, 0.6) is 0 Å². The first kappa shape index (κ1) is 8.28. The van der Waals surface area contributed by atoms with Gasteiger partial charge in [-0.05, 0) is 6.92 Å². The Bertz CT molecular complexity index is 379. The minimum atomic E-state index is -0.0795. The second-order valence-electron chi connectivity index (χ2n) is 3.89. The summed E-state index contributed by atoms with van der Waals surface area (Å²) in [5, 5.41) is 10.8. The normalized spacial score (nSPS) is 35.6. The van der Waals surface area contributed by atoms with Crippen molar-refractivity contribution in [3.63, 3.8) is 0 Å². The first-order chi connectivity index (χ1) is 6.69. The van der Waals surface area contributed by atoms with E-state index in [1.54, 1.807) is 11.8 Å². The maximum Gasteiger partial charge on any atom is 0.226 e. The largest absolute Gasteiger partial charge is 0.328 e. The van der Waals surface area contributed by atoms with Crippen molar-refractivity contribution < 1.29 is 4.79 Å². The quantitative estimate of drug-likeness (QED) is 0.678. The van der Waals surface area contributed by atoms with Gasteiger partial charge in [0.2, 0.25) is 5.91 Å². The van der Waals surface area contributed by atoms with E-state index < -0.39 is 0 Å². The molecular weight excluding hydrogens is 200 g/mol. The summed E-state index contributed by atoms with van der Waals surface area (Å²) in [6.07, 6.45) is 2.49. The first-order valence-corrected chi connectivity index (χ1v) is 5.41. The smallest absolute Gasteiger partial charge is 0.226 e. The van der Waals surface area contributed by atoms with Crippen molar-refractivity contribution in [2.75, 3.05) is 6.54 Å². The molecular formula is C8H10N4OS. The Morgan fingerprint density at radius 3 is 3.21 bits per heavy atom. The summed E-state index contributed by atoms with van der Waals surface area (Å²) in [5.74, 6) is 0.259. The SMILES string of the molecule is C[C@]1(c2c[nH]nn2)CN2C(=O)C[C@@H]2S1. The van der Waals surface area contributed by atoms with Crippen molar-refractivity contribution in [3.05, 3.63) is 11.9 Å². The number of carbonyl (C=O) groups excluding carboxylic acids is 1. The van der Waals surface area contributed by atoms with E-state index in [0.29, 0.717) is 11.8 Å². The van der Waals surface area contributed by atoms with Gasteiger partial charge in [0.05, 0.1) is 16.5 Å². The van der Waals surface area contributed by atoms with Gasteiger partial charge < -0.3 is 4.90 Å². The predicted octanol–water partition coefficient (Wildman–Crippen LogP) is 0.325. The Morgan fingerprint density at radius 1 is 1.79 bits per heavy atom. The fourth-order valence-electron chi connectivity index (χ4n) is 1.98. The Kier molecular flexibility index (Phi) is 1.48. The van der Waals surface area contributed by atoms with Gasteiger partial charge >= 0.3 is 0 Å². The van der Waals surface area contributed by atoms with Crippen LogP contribution in [-0.2, 0) is 9.54 Å². The van der Waals surface area contributed by atoms with Gasteiger partial charge in [-0.15, -0.1) is 16.9 Å². The van der Waals surface area contributed by atoms with Crippen LogP contribution in [0, 0.1) is 0 Å². The summed E-state index contributed by atoms with van der Waals surface area (Å²) in [4.78, 5) is 13.2. The number of rotatable bonds is 1. The number of β-lactam (4-membered cyclic amide) rings is 1. The summed E-state index contributed by atoms with van der Waals surface area (Å²) in [6, 6.07) is 0. The lowest BCUT2D eigenvalue weighted by Gasteiger charge is -2.32. The maximum absolute atomic E-state index is 11.2. The number of nitrogens with one attached hydrogen (secondary N) is 1. The lowest BCUT2D eigenvalue weighted by atomic mass is 10.1. The Morgan fingerprint density at radius 2 is 2.64 bits per heavy atom. The average Bonchev–Trinajstić information content (AvgIpc) is 2.73. The highest BCUT2D eigenvalue weighted by Gasteiger charge is 2.52. The van der Waals surface area contributed by atoms with Crippen LogP contribution >= 0.6 is 11.8 Å². The molecule has 0 radical (unpaired) electrons. The predicted molar refractivity (Wildman–Crippen MR) is 51.4 cm³/mol. The molecule has 1 amide bonds. The summed E-state index contributed by atoms with van der Waals surface area (Å²) in [7, 11) is 0. The topological polar surface area (TPSA) is 61.9 Å². The van der Waals surface area contributed by atoms with Crippen molar-refractivity contribution in [1.29, 1.82) is 0 Å². The van der Waals surface area contributed by atoms with Crippen LogP contribution in [0.25, 0.3) is 0 Å². The zero-order valence-corrected chi connectivity index (χ0v) is 8.54. The minimum Gasteiger partial charge on any atom is -0.328 e. The van der Waals surface area contributed by atoms with Gasteiger partial charge in [-0.2, -0.15) is 0 Å². The highest BCUT2D eigenvalue weighted by Crippen LogP contribution is 2.51. The second kappa shape index (κ2) is 2.50. The summed E-state index contributed by atoms with van der Waals surface area (Å²) in [5.41, 5.74) is 0.935. The number of aromatic amines is 1. The zero-order chi connectivity index (χ0) is 9.76. The standard InChI is InChI=1S/C8H10N4OS/c1-8(5-3-9-11-10-5)4-12-6(13)2-7(12)14-8/h3,7H,2,4H2,1H3,(H,9,10,11)/t7-,8+/m0/s1. The number of hydrogen-bond donors (Lipinski definition) is 1. The highest BCUT2D eigenvalue weighted by molar-refractivity contribution is 8.01. The van der Waals surface area contributed by atoms with E-state index in [2.05, 4.69) is 22.3 Å². The van der Waals surface area contributed by atoms with E-state index in [9.17, 15) is 4.79 Å². The Balaban J connectivity index is 1.90. The first-order valence-electron chi connectivity index (χ1n) is 4.53. The second-order valence-corrected chi connectivity index (χ2v) is 5.57. The number of H-pyrrole nitrogens is 1. The molecule has 0 unspecified atom stereocenters. The zero-order valence-electron chi connectivity index (χ0n) is 7.73. The molecule has 74 valence electrons. The van der Waals surface area contributed by atoms with E-state index >= 15 is 0 Å². The van der Waals surface area contributed by atoms with Crippen LogP contribution < -0.4 is 0 Å². The van der Waals surface area contributed by atoms with Gasteiger partial charge in [0.25, 0.3) is 0 Å². The van der Waals surface area contributed by atoms with E-state index in [-0.39, 0.29) is 10.7 Å². The molecule has 6 heteroatoms. The van der Waals surface area contributed by atoms with E-state index in [1.807, 2.05) is 11.1 Å². The van der Waals surface area contributed by atoms with Crippen LogP contribution in [0.4, 0.5) is 0 Å². The molecule has 2 aliphatic heterocycles. The molecule has 2 atom stereocenters. The summed E-state index contributed by atoms with van der Waals surface area (Å²) >= 11 is 1.81. The van der Waals surface area contributed by atoms with Gasteiger partial charge in [0, 0.05) is 12.7 Å². The molecule has 0 aliphatic carbocycles. The molecule has 5 nitrogen and oxygen atoms in total. The molecule has 2 fully saturated rings. The van der Waals surface area contributed by atoms with Crippen LogP contribution in [-0.4, -0.2) is 38.1 Å². The number of fused-ring (bicyclic) bond motifs is 1. The number of carbonyl (C=O) groups is 1. The maximum atomic E-state index is 11.2. The van der Waals surface area contributed by atoms with E-state index in [0.717, 1.165) is 12.2 Å². The molecule has 3 heterocycles. The molecule has 0 bridgehead atoms. The molecule has 1 N–H and O–H groups in total.